The van der Waals surface area contributed by atoms with Crippen molar-refractivity contribution in [3.63, 3.8) is 0 Å². The maximum absolute atomic E-state index is 12.4. The number of fused-ring (bicyclic) bond motifs is 1. The van der Waals surface area contributed by atoms with Gasteiger partial charge in [-0.05, 0) is 12.8 Å². The Labute approximate surface area is 114 Å². The molecule has 2 saturated heterocycles. The van der Waals surface area contributed by atoms with Crippen LogP contribution in [0.2, 0.25) is 0 Å². The lowest BCUT2D eigenvalue weighted by molar-refractivity contribution is -0.160. The molecule has 2 heterocycles. The first-order valence-electron chi connectivity index (χ1n) is 6.59. The smallest absolute Gasteiger partial charge is 0.244 e. The highest BCUT2D eigenvalue weighted by atomic mass is 16.2. The Morgan fingerprint density at radius 2 is 1.50 bits per heavy atom. The van der Waals surface area contributed by atoms with Crippen LogP contribution in [-0.4, -0.2) is 29.4 Å². The van der Waals surface area contributed by atoms with Crippen LogP contribution in [0.15, 0.2) is 0 Å². The van der Waals surface area contributed by atoms with Gasteiger partial charge in [-0.1, -0.05) is 13.3 Å². The van der Waals surface area contributed by atoms with Crippen LogP contribution in [0.3, 0.4) is 0 Å². The van der Waals surface area contributed by atoms with E-state index in [9.17, 15) is 24.0 Å². The van der Waals surface area contributed by atoms with Gasteiger partial charge in [0.25, 0.3) is 0 Å². The van der Waals surface area contributed by atoms with Crippen LogP contribution >= 0.6 is 0 Å². The fraction of sp³-hybridized carbons (Fsp3) is 0.615. The first kappa shape index (κ1) is 13.0. The van der Waals surface area contributed by atoms with E-state index in [1.807, 2.05) is 0 Å². The topological polar surface area (TPSA) is 109 Å². The van der Waals surface area contributed by atoms with Crippen molar-refractivity contribution in [2.45, 2.75) is 32.6 Å². The zero-order valence-electron chi connectivity index (χ0n) is 10.9. The standard InChI is InChI=1S/C13H14N2O5/c1-12(5-3-2-4-6(12)16)13-7(8(17)14-10(13)19)9(18)15-11(13)20/h7H,2-5H2,1H3,(H,14,17,19)(H,15,18,20). The van der Waals surface area contributed by atoms with Crippen molar-refractivity contribution in [1.29, 1.82) is 0 Å². The highest BCUT2D eigenvalue weighted by Gasteiger charge is 2.76. The third-order valence-corrected chi connectivity index (χ3v) is 4.96. The Morgan fingerprint density at radius 1 is 0.950 bits per heavy atom. The fourth-order valence-corrected chi connectivity index (χ4v) is 3.86. The van der Waals surface area contributed by atoms with Gasteiger partial charge < -0.3 is 0 Å². The molecule has 4 amide bonds. The Morgan fingerprint density at radius 3 is 2.00 bits per heavy atom. The molecular formula is C13H14N2O5. The molecular weight excluding hydrogens is 264 g/mol. The zero-order valence-corrected chi connectivity index (χ0v) is 10.9. The van der Waals surface area contributed by atoms with Crippen LogP contribution in [0.5, 0.6) is 0 Å². The van der Waals surface area contributed by atoms with Gasteiger partial charge in [-0.2, -0.15) is 0 Å². The van der Waals surface area contributed by atoms with Gasteiger partial charge in [0.1, 0.15) is 11.7 Å². The largest absolute Gasteiger partial charge is 0.299 e. The van der Waals surface area contributed by atoms with E-state index in [-0.39, 0.29) is 12.2 Å². The predicted octanol–water partition coefficient (Wildman–Crippen LogP) is -0.949. The van der Waals surface area contributed by atoms with E-state index < -0.39 is 40.4 Å². The first-order valence-corrected chi connectivity index (χ1v) is 6.59. The summed E-state index contributed by atoms with van der Waals surface area (Å²) in [6.07, 6.45) is 1.96. The Bertz CT molecular complexity index is 551. The highest BCUT2D eigenvalue weighted by molar-refractivity contribution is 6.33. The maximum Gasteiger partial charge on any atom is 0.244 e. The highest BCUT2D eigenvalue weighted by Crippen LogP contribution is 2.56. The summed E-state index contributed by atoms with van der Waals surface area (Å²) in [7, 11) is 0. The molecule has 1 atom stereocenters. The average Bonchev–Trinajstić information content (AvgIpc) is 2.80. The molecule has 3 fully saturated rings. The molecule has 2 aliphatic heterocycles. The normalized spacial score (nSPS) is 40.6. The molecule has 106 valence electrons. The van der Waals surface area contributed by atoms with Crippen LogP contribution in [0.25, 0.3) is 0 Å². The summed E-state index contributed by atoms with van der Waals surface area (Å²) in [6.45, 7) is 1.53. The summed E-state index contributed by atoms with van der Waals surface area (Å²) < 4.78 is 0. The number of carbonyl (C=O) groups is 5. The van der Waals surface area contributed by atoms with Crippen LogP contribution < -0.4 is 10.6 Å². The third kappa shape index (κ3) is 1.18. The fourth-order valence-electron chi connectivity index (χ4n) is 3.86. The molecule has 0 radical (unpaired) electrons. The maximum atomic E-state index is 12.4. The zero-order chi connectivity index (χ0) is 14.7. The number of ketones is 1. The molecule has 3 aliphatic rings. The molecule has 0 aromatic heterocycles. The Hall–Kier alpha value is -2.05. The van der Waals surface area contributed by atoms with Crippen LogP contribution in [0.4, 0.5) is 0 Å². The number of nitrogens with one attached hydrogen (secondary N) is 2. The molecule has 1 aliphatic carbocycles. The van der Waals surface area contributed by atoms with E-state index in [4.69, 9.17) is 0 Å². The molecule has 3 rings (SSSR count). The SMILES string of the molecule is CC1(C23C(=O)NC(=O)C2C(=O)NC3=O)CCCCC1=O. The second-order valence-electron chi connectivity index (χ2n) is 5.84. The minimum Gasteiger partial charge on any atom is -0.299 e. The summed E-state index contributed by atoms with van der Waals surface area (Å²) in [5.41, 5.74) is -3.21. The average molecular weight is 278 g/mol. The van der Waals surface area contributed by atoms with Gasteiger partial charge in [-0.3, -0.25) is 34.6 Å². The van der Waals surface area contributed by atoms with Gasteiger partial charge >= 0.3 is 0 Å². The monoisotopic (exact) mass is 278 g/mol. The Balaban J connectivity index is 2.23. The van der Waals surface area contributed by atoms with Gasteiger partial charge in [-0.25, -0.2) is 0 Å². The molecule has 7 nitrogen and oxygen atoms in total. The summed E-state index contributed by atoms with van der Waals surface area (Å²) in [4.78, 5) is 60.7. The van der Waals surface area contributed by atoms with Crippen molar-refractivity contribution in [2.24, 2.45) is 16.7 Å². The number of carbonyl (C=O) groups excluding carboxylic acids is 5. The quantitative estimate of drug-likeness (QED) is 0.475. The lowest BCUT2D eigenvalue weighted by Gasteiger charge is -2.42. The number of imide groups is 2. The Kier molecular flexibility index (Phi) is 2.42. The van der Waals surface area contributed by atoms with Crippen molar-refractivity contribution < 1.29 is 24.0 Å². The number of rotatable bonds is 1. The van der Waals surface area contributed by atoms with Crippen LogP contribution in [0.1, 0.15) is 32.6 Å². The molecule has 1 unspecified atom stereocenters. The van der Waals surface area contributed by atoms with Crippen molar-refractivity contribution in [3.8, 4) is 0 Å². The van der Waals surface area contributed by atoms with Gasteiger partial charge in [0.2, 0.25) is 23.6 Å². The molecule has 7 heteroatoms. The molecule has 0 bridgehead atoms. The van der Waals surface area contributed by atoms with Crippen LogP contribution in [-0.2, 0) is 24.0 Å². The van der Waals surface area contributed by atoms with E-state index in [0.29, 0.717) is 19.3 Å². The molecule has 0 aromatic carbocycles. The van der Waals surface area contributed by atoms with E-state index in [0.717, 1.165) is 0 Å². The molecule has 2 N–H and O–H groups in total. The van der Waals surface area contributed by atoms with E-state index >= 15 is 0 Å². The minimum absolute atomic E-state index is 0.233. The molecule has 0 spiro atoms. The molecule has 1 saturated carbocycles. The van der Waals surface area contributed by atoms with Gasteiger partial charge in [-0.15, -0.1) is 0 Å². The van der Waals surface area contributed by atoms with Gasteiger partial charge in [0.15, 0.2) is 5.41 Å². The van der Waals surface area contributed by atoms with Crippen molar-refractivity contribution >= 4 is 29.4 Å². The van der Waals surface area contributed by atoms with E-state index in [2.05, 4.69) is 10.6 Å². The summed E-state index contributed by atoms with van der Waals surface area (Å²) in [6, 6.07) is 0. The number of Topliss-reactive ketones (excluding diaryl/α,β-unsaturated/α-hetero) is 1. The second-order valence-corrected chi connectivity index (χ2v) is 5.84. The number of hydrogen-bond acceptors (Lipinski definition) is 5. The number of amides is 4. The van der Waals surface area contributed by atoms with E-state index in [1.165, 1.54) is 6.92 Å². The first-order chi connectivity index (χ1) is 9.35. The lowest BCUT2D eigenvalue weighted by atomic mass is 9.54. The van der Waals surface area contributed by atoms with Crippen molar-refractivity contribution in [3.05, 3.63) is 0 Å². The van der Waals surface area contributed by atoms with E-state index in [1.54, 1.807) is 0 Å². The number of hydrogen-bond donors (Lipinski definition) is 2. The summed E-state index contributed by atoms with van der Waals surface area (Å²) in [5, 5.41) is 4.10. The summed E-state index contributed by atoms with van der Waals surface area (Å²) in [5.74, 6) is -4.89. The van der Waals surface area contributed by atoms with Gasteiger partial charge in [0.05, 0.1) is 5.41 Å². The van der Waals surface area contributed by atoms with Gasteiger partial charge in [0, 0.05) is 6.42 Å². The second kappa shape index (κ2) is 3.74. The van der Waals surface area contributed by atoms with Crippen molar-refractivity contribution in [1.82, 2.24) is 10.6 Å². The molecule has 0 aromatic rings. The lowest BCUT2D eigenvalue weighted by Crippen LogP contribution is -2.57. The van der Waals surface area contributed by atoms with Crippen LogP contribution in [0, 0.1) is 16.7 Å². The van der Waals surface area contributed by atoms with Crippen molar-refractivity contribution in [2.75, 3.05) is 0 Å². The summed E-state index contributed by atoms with van der Waals surface area (Å²) >= 11 is 0. The molecule has 20 heavy (non-hydrogen) atoms. The minimum atomic E-state index is -1.90. The predicted molar refractivity (Wildman–Crippen MR) is 63.8 cm³/mol. The third-order valence-electron chi connectivity index (χ3n) is 4.96.